The van der Waals surface area contributed by atoms with E-state index in [2.05, 4.69) is 5.16 Å². The molecule has 1 heterocycles. The summed E-state index contributed by atoms with van der Waals surface area (Å²) in [5, 5.41) is 3.68. The molecule has 0 saturated carbocycles. The van der Waals surface area contributed by atoms with E-state index in [-0.39, 0.29) is 15.8 Å². The third kappa shape index (κ3) is 2.27. The smallest absolute Gasteiger partial charge is 0.229 e. The van der Waals surface area contributed by atoms with E-state index in [1.807, 2.05) is 0 Å². The van der Waals surface area contributed by atoms with Crippen molar-refractivity contribution in [3.63, 3.8) is 0 Å². The van der Waals surface area contributed by atoms with Gasteiger partial charge in [0, 0.05) is 6.26 Å². The molecule has 0 saturated heterocycles. The Morgan fingerprint density at radius 1 is 1.41 bits per heavy atom. The summed E-state index contributed by atoms with van der Waals surface area (Å²) in [5.74, 6) is 0.160. The van der Waals surface area contributed by atoms with Crippen LogP contribution in [0.5, 0.6) is 0 Å². The number of sulfone groups is 1. The van der Waals surface area contributed by atoms with Crippen molar-refractivity contribution in [2.45, 2.75) is 4.90 Å². The minimum absolute atomic E-state index is 0.0814. The Morgan fingerprint density at radius 3 is 2.59 bits per heavy atom. The number of nitrogens with zero attached hydrogens (tertiary/aromatic N) is 1. The van der Waals surface area contributed by atoms with E-state index in [1.54, 1.807) is 6.07 Å². The van der Waals surface area contributed by atoms with Crippen LogP contribution < -0.4 is 5.73 Å². The summed E-state index contributed by atoms with van der Waals surface area (Å²) in [6, 6.07) is 4.55. The molecule has 1 aromatic carbocycles. The summed E-state index contributed by atoms with van der Waals surface area (Å²) in [6.07, 6.45) is 2.54. The zero-order valence-electron chi connectivity index (χ0n) is 8.84. The predicted molar refractivity (Wildman–Crippen MR) is 64.5 cm³/mol. The van der Waals surface area contributed by atoms with E-state index in [9.17, 15) is 8.42 Å². The molecule has 1 aromatic heterocycles. The number of halogens is 1. The van der Waals surface area contributed by atoms with Crippen molar-refractivity contribution in [3.8, 4) is 11.1 Å². The van der Waals surface area contributed by atoms with Crippen LogP contribution in [0.3, 0.4) is 0 Å². The van der Waals surface area contributed by atoms with Gasteiger partial charge in [-0.25, -0.2) is 8.42 Å². The van der Waals surface area contributed by atoms with Gasteiger partial charge in [-0.2, -0.15) is 0 Å². The van der Waals surface area contributed by atoms with Gasteiger partial charge in [0.05, 0.1) is 21.7 Å². The largest absolute Gasteiger partial charge is 0.367 e. The zero-order chi connectivity index (χ0) is 12.6. The van der Waals surface area contributed by atoms with Gasteiger partial charge in [-0.1, -0.05) is 22.8 Å². The zero-order valence-corrected chi connectivity index (χ0v) is 10.4. The van der Waals surface area contributed by atoms with E-state index in [1.165, 1.54) is 18.3 Å². The van der Waals surface area contributed by atoms with Gasteiger partial charge in [0.1, 0.15) is 0 Å². The Hall–Kier alpha value is -1.53. The lowest BCUT2D eigenvalue weighted by Gasteiger charge is -2.04. The molecule has 7 heteroatoms. The van der Waals surface area contributed by atoms with Crippen molar-refractivity contribution in [1.29, 1.82) is 0 Å². The molecule has 0 atom stereocenters. The van der Waals surface area contributed by atoms with Gasteiger partial charge in [0.25, 0.3) is 0 Å². The number of anilines is 1. The molecule has 0 aliphatic heterocycles. The number of benzene rings is 1. The molecule has 0 bridgehead atoms. The molecule has 0 unspecified atom stereocenters. The maximum Gasteiger partial charge on any atom is 0.229 e. The summed E-state index contributed by atoms with van der Waals surface area (Å²) < 4.78 is 27.5. The highest BCUT2D eigenvalue weighted by Crippen LogP contribution is 2.30. The second kappa shape index (κ2) is 4.05. The normalized spacial score (nSPS) is 11.6. The number of hydrogen-bond acceptors (Lipinski definition) is 5. The summed E-state index contributed by atoms with van der Waals surface area (Å²) in [6.45, 7) is 0. The lowest BCUT2D eigenvalue weighted by atomic mass is 10.1. The van der Waals surface area contributed by atoms with Crippen molar-refractivity contribution in [3.05, 3.63) is 29.4 Å². The summed E-state index contributed by atoms with van der Waals surface area (Å²) >= 11 is 5.91. The summed E-state index contributed by atoms with van der Waals surface area (Å²) in [5.41, 5.74) is 6.79. The fraction of sp³-hybridized carbons (Fsp3) is 0.100. The first-order valence-electron chi connectivity index (χ1n) is 4.59. The number of rotatable bonds is 2. The number of nitrogen functional groups attached to an aromatic ring is 1. The van der Waals surface area contributed by atoms with Gasteiger partial charge in [-0.05, 0) is 17.7 Å². The third-order valence-electron chi connectivity index (χ3n) is 2.24. The van der Waals surface area contributed by atoms with Crippen LogP contribution in [0.25, 0.3) is 11.1 Å². The van der Waals surface area contributed by atoms with Crippen molar-refractivity contribution in [2.24, 2.45) is 0 Å². The first-order valence-corrected chi connectivity index (χ1v) is 6.86. The summed E-state index contributed by atoms with van der Waals surface area (Å²) in [4.78, 5) is 0.0814. The van der Waals surface area contributed by atoms with Crippen molar-refractivity contribution < 1.29 is 12.9 Å². The standard InChI is InChI=1S/C10H9ClN2O3S/c1-17(14,15)9-3-2-6(4-8(9)11)7-5-13-16-10(7)12/h2-5H,12H2,1H3. The molecule has 2 aromatic rings. The Morgan fingerprint density at radius 2 is 2.12 bits per heavy atom. The molecule has 90 valence electrons. The molecule has 0 radical (unpaired) electrons. The Bertz CT molecular complexity index is 664. The molecule has 2 N–H and O–H groups in total. The van der Waals surface area contributed by atoms with Crippen LogP contribution in [-0.2, 0) is 9.84 Å². The van der Waals surface area contributed by atoms with Crippen LogP contribution in [0.2, 0.25) is 5.02 Å². The van der Waals surface area contributed by atoms with Crippen LogP contribution in [0, 0.1) is 0 Å². The van der Waals surface area contributed by atoms with E-state index in [0.717, 1.165) is 6.26 Å². The highest BCUT2D eigenvalue weighted by Gasteiger charge is 2.14. The number of hydrogen-bond donors (Lipinski definition) is 1. The predicted octanol–water partition coefficient (Wildman–Crippen LogP) is 1.98. The van der Waals surface area contributed by atoms with Crippen molar-refractivity contribution in [1.82, 2.24) is 5.16 Å². The average molecular weight is 273 g/mol. The second-order valence-corrected chi connectivity index (χ2v) is 5.91. The number of aromatic nitrogens is 1. The van der Waals surface area contributed by atoms with Crippen LogP contribution in [0.1, 0.15) is 0 Å². The monoisotopic (exact) mass is 272 g/mol. The number of nitrogens with two attached hydrogens (primary N) is 1. The lowest BCUT2D eigenvalue weighted by molar-refractivity contribution is 0.436. The molecule has 17 heavy (non-hydrogen) atoms. The minimum Gasteiger partial charge on any atom is -0.367 e. The van der Waals surface area contributed by atoms with Gasteiger partial charge in [0.2, 0.25) is 5.88 Å². The van der Waals surface area contributed by atoms with E-state index < -0.39 is 9.84 Å². The second-order valence-electron chi connectivity index (χ2n) is 3.52. The minimum atomic E-state index is -3.33. The molecule has 0 aliphatic rings. The van der Waals surface area contributed by atoms with E-state index >= 15 is 0 Å². The molecule has 0 fully saturated rings. The molecule has 0 spiro atoms. The van der Waals surface area contributed by atoms with Gasteiger partial charge >= 0.3 is 0 Å². The fourth-order valence-corrected chi connectivity index (χ4v) is 2.76. The van der Waals surface area contributed by atoms with E-state index in [4.69, 9.17) is 21.9 Å². The maximum absolute atomic E-state index is 11.4. The molecule has 2 rings (SSSR count). The van der Waals surface area contributed by atoms with E-state index in [0.29, 0.717) is 11.1 Å². The molecule has 5 nitrogen and oxygen atoms in total. The molecule has 0 amide bonds. The van der Waals surface area contributed by atoms with Gasteiger partial charge < -0.3 is 10.3 Å². The van der Waals surface area contributed by atoms with Gasteiger partial charge in [-0.3, -0.25) is 0 Å². The Balaban J connectivity index is 2.56. The first kappa shape index (κ1) is 11.9. The SMILES string of the molecule is CS(=O)(=O)c1ccc(-c2cnoc2N)cc1Cl. The average Bonchev–Trinajstić information content (AvgIpc) is 2.62. The highest BCUT2D eigenvalue weighted by molar-refractivity contribution is 7.90. The van der Waals surface area contributed by atoms with Gasteiger partial charge in [-0.15, -0.1) is 0 Å². The third-order valence-corrected chi connectivity index (χ3v) is 3.82. The molecule has 0 aliphatic carbocycles. The van der Waals surface area contributed by atoms with Crippen molar-refractivity contribution >= 4 is 27.3 Å². The van der Waals surface area contributed by atoms with Crippen LogP contribution >= 0.6 is 11.6 Å². The fourth-order valence-electron chi connectivity index (χ4n) is 1.43. The first-order chi connectivity index (χ1) is 7.89. The van der Waals surface area contributed by atoms with Crippen LogP contribution in [0.4, 0.5) is 5.88 Å². The lowest BCUT2D eigenvalue weighted by Crippen LogP contribution is -1.98. The Kier molecular flexibility index (Phi) is 2.84. The Labute approximate surface area is 103 Å². The highest BCUT2D eigenvalue weighted by atomic mass is 35.5. The summed E-state index contributed by atoms with van der Waals surface area (Å²) in [7, 11) is -3.33. The molecular formula is C10H9ClN2O3S. The quantitative estimate of drug-likeness (QED) is 0.903. The van der Waals surface area contributed by atoms with Crippen LogP contribution in [-0.4, -0.2) is 19.8 Å². The van der Waals surface area contributed by atoms with Crippen LogP contribution in [0.15, 0.2) is 33.8 Å². The topological polar surface area (TPSA) is 86.2 Å². The van der Waals surface area contributed by atoms with Crippen molar-refractivity contribution in [2.75, 3.05) is 12.0 Å². The maximum atomic E-state index is 11.4. The van der Waals surface area contributed by atoms with Gasteiger partial charge in [0.15, 0.2) is 9.84 Å². The molecular weight excluding hydrogens is 264 g/mol.